The number of aryl methyl sites for hydroxylation is 1. The van der Waals surface area contributed by atoms with Crippen LogP contribution in [-0.2, 0) is 17.8 Å². The SMILES string of the molecule is CCc1ncc(CNCCCC(=O)NC2CC2)s1. The van der Waals surface area contributed by atoms with E-state index < -0.39 is 0 Å². The van der Waals surface area contributed by atoms with E-state index in [-0.39, 0.29) is 5.91 Å². The third-order valence-corrected chi connectivity index (χ3v) is 4.04. The van der Waals surface area contributed by atoms with Gasteiger partial charge in [-0.1, -0.05) is 6.92 Å². The fraction of sp³-hybridized carbons (Fsp3) is 0.692. The van der Waals surface area contributed by atoms with Crippen LogP contribution >= 0.6 is 11.3 Å². The van der Waals surface area contributed by atoms with Gasteiger partial charge in [-0.2, -0.15) is 0 Å². The van der Waals surface area contributed by atoms with Crippen LogP contribution in [-0.4, -0.2) is 23.5 Å². The van der Waals surface area contributed by atoms with E-state index in [1.165, 1.54) is 9.88 Å². The maximum absolute atomic E-state index is 11.4. The Bertz CT molecular complexity index is 387. The van der Waals surface area contributed by atoms with Gasteiger partial charge in [-0.3, -0.25) is 4.79 Å². The first-order valence-corrected chi connectivity index (χ1v) is 7.53. The summed E-state index contributed by atoms with van der Waals surface area (Å²) in [6.07, 6.45) is 6.80. The predicted octanol–water partition coefficient (Wildman–Crippen LogP) is 1.85. The summed E-state index contributed by atoms with van der Waals surface area (Å²) in [6.45, 7) is 3.87. The van der Waals surface area contributed by atoms with Gasteiger partial charge in [-0.05, 0) is 32.2 Å². The highest BCUT2D eigenvalue weighted by Gasteiger charge is 2.22. The van der Waals surface area contributed by atoms with Crippen LogP contribution in [0.3, 0.4) is 0 Å². The van der Waals surface area contributed by atoms with E-state index in [0.717, 1.165) is 38.8 Å². The summed E-state index contributed by atoms with van der Waals surface area (Å²) < 4.78 is 0. The quantitative estimate of drug-likeness (QED) is 0.707. The number of rotatable bonds is 8. The Morgan fingerprint density at radius 2 is 2.39 bits per heavy atom. The second kappa shape index (κ2) is 6.85. The van der Waals surface area contributed by atoms with Crippen LogP contribution in [0.2, 0.25) is 0 Å². The molecule has 0 saturated heterocycles. The van der Waals surface area contributed by atoms with Crippen molar-refractivity contribution in [3.63, 3.8) is 0 Å². The summed E-state index contributed by atoms with van der Waals surface area (Å²) in [7, 11) is 0. The molecule has 0 unspecified atom stereocenters. The number of carbonyl (C=O) groups excluding carboxylic acids is 1. The van der Waals surface area contributed by atoms with Gasteiger partial charge in [0, 0.05) is 30.1 Å². The molecule has 100 valence electrons. The summed E-state index contributed by atoms with van der Waals surface area (Å²) >= 11 is 1.76. The van der Waals surface area contributed by atoms with Gasteiger partial charge in [-0.25, -0.2) is 4.98 Å². The number of hydrogen-bond donors (Lipinski definition) is 2. The summed E-state index contributed by atoms with van der Waals surface area (Å²) in [5.74, 6) is 0.199. The minimum absolute atomic E-state index is 0.199. The largest absolute Gasteiger partial charge is 0.353 e. The highest BCUT2D eigenvalue weighted by atomic mass is 32.1. The number of carbonyl (C=O) groups is 1. The lowest BCUT2D eigenvalue weighted by atomic mass is 10.3. The first-order valence-electron chi connectivity index (χ1n) is 6.71. The molecule has 1 aromatic heterocycles. The number of nitrogens with one attached hydrogen (secondary N) is 2. The van der Waals surface area contributed by atoms with Gasteiger partial charge in [-0.15, -0.1) is 11.3 Å². The van der Waals surface area contributed by atoms with Crippen LogP contribution < -0.4 is 10.6 Å². The average molecular weight is 267 g/mol. The van der Waals surface area contributed by atoms with Crippen LogP contribution in [0.15, 0.2) is 6.20 Å². The zero-order chi connectivity index (χ0) is 12.8. The lowest BCUT2D eigenvalue weighted by Gasteiger charge is -2.04. The third kappa shape index (κ3) is 4.74. The van der Waals surface area contributed by atoms with Crippen molar-refractivity contribution in [2.45, 2.75) is 51.6 Å². The van der Waals surface area contributed by atoms with Crippen LogP contribution in [0.5, 0.6) is 0 Å². The highest BCUT2D eigenvalue weighted by Crippen LogP contribution is 2.18. The molecule has 2 rings (SSSR count). The molecule has 1 aliphatic carbocycles. The van der Waals surface area contributed by atoms with E-state index in [1.54, 1.807) is 11.3 Å². The van der Waals surface area contributed by atoms with E-state index >= 15 is 0 Å². The van der Waals surface area contributed by atoms with Gasteiger partial charge < -0.3 is 10.6 Å². The molecule has 0 bridgehead atoms. The van der Waals surface area contributed by atoms with Gasteiger partial charge >= 0.3 is 0 Å². The maximum Gasteiger partial charge on any atom is 0.220 e. The molecule has 4 nitrogen and oxygen atoms in total. The van der Waals surface area contributed by atoms with Crippen molar-refractivity contribution in [1.82, 2.24) is 15.6 Å². The Balaban J connectivity index is 1.51. The van der Waals surface area contributed by atoms with E-state index in [1.807, 2.05) is 6.20 Å². The molecule has 18 heavy (non-hydrogen) atoms. The Labute approximate surface area is 112 Å². The Kier molecular flexibility index (Phi) is 5.13. The second-order valence-electron chi connectivity index (χ2n) is 4.70. The maximum atomic E-state index is 11.4. The van der Waals surface area contributed by atoms with Crippen molar-refractivity contribution >= 4 is 17.2 Å². The molecule has 2 N–H and O–H groups in total. The number of thiazole rings is 1. The van der Waals surface area contributed by atoms with Gasteiger partial charge in [0.05, 0.1) is 5.01 Å². The molecule has 1 aliphatic rings. The Morgan fingerprint density at radius 3 is 3.06 bits per heavy atom. The smallest absolute Gasteiger partial charge is 0.220 e. The van der Waals surface area contributed by atoms with E-state index in [4.69, 9.17) is 0 Å². The fourth-order valence-electron chi connectivity index (χ4n) is 1.71. The zero-order valence-electron chi connectivity index (χ0n) is 10.9. The number of nitrogens with zero attached hydrogens (tertiary/aromatic N) is 1. The molecule has 1 fully saturated rings. The standard InChI is InChI=1S/C13H21N3OS/c1-2-13-15-9-11(18-13)8-14-7-3-4-12(17)16-10-5-6-10/h9-10,14H,2-8H2,1H3,(H,16,17). The normalized spacial score (nSPS) is 14.7. The van der Waals surface area contributed by atoms with Crippen molar-refractivity contribution in [2.24, 2.45) is 0 Å². The molecule has 0 spiro atoms. The molecule has 5 heteroatoms. The van der Waals surface area contributed by atoms with Crippen molar-refractivity contribution < 1.29 is 4.79 Å². The summed E-state index contributed by atoms with van der Waals surface area (Å²) in [6, 6.07) is 0.482. The van der Waals surface area contributed by atoms with Crippen molar-refractivity contribution in [3.05, 3.63) is 16.1 Å². The molecule has 1 aromatic rings. The van der Waals surface area contributed by atoms with E-state index in [0.29, 0.717) is 12.5 Å². The molecule has 0 atom stereocenters. The second-order valence-corrected chi connectivity index (χ2v) is 5.90. The lowest BCUT2D eigenvalue weighted by Crippen LogP contribution is -2.26. The lowest BCUT2D eigenvalue weighted by molar-refractivity contribution is -0.121. The molecule has 0 radical (unpaired) electrons. The van der Waals surface area contributed by atoms with Gasteiger partial charge in [0.25, 0.3) is 0 Å². The van der Waals surface area contributed by atoms with Gasteiger partial charge in [0.1, 0.15) is 0 Å². The van der Waals surface area contributed by atoms with Crippen LogP contribution in [0, 0.1) is 0 Å². The summed E-state index contributed by atoms with van der Waals surface area (Å²) in [4.78, 5) is 17.0. The molecule has 1 heterocycles. The average Bonchev–Trinajstić information content (AvgIpc) is 3.05. The minimum Gasteiger partial charge on any atom is -0.353 e. The Hall–Kier alpha value is -0.940. The van der Waals surface area contributed by atoms with E-state index in [2.05, 4.69) is 22.5 Å². The van der Waals surface area contributed by atoms with Gasteiger partial charge in [0.15, 0.2) is 0 Å². The van der Waals surface area contributed by atoms with Crippen LogP contribution in [0.4, 0.5) is 0 Å². The van der Waals surface area contributed by atoms with Crippen LogP contribution in [0.1, 0.15) is 42.5 Å². The molecule has 0 aromatic carbocycles. The Morgan fingerprint density at radius 1 is 1.56 bits per heavy atom. The van der Waals surface area contributed by atoms with Crippen molar-refractivity contribution in [3.8, 4) is 0 Å². The summed E-state index contributed by atoms with van der Waals surface area (Å²) in [5, 5.41) is 7.54. The minimum atomic E-state index is 0.199. The van der Waals surface area contributed by atoms with Crippen molar-refractivity contribution in [1.29, 1.82) is 0 Å². The third-order valence-electron chi connectivity index (χ3n) is 2.90. The first-order chi connectivity index (χ1) is 8.78. The zero-order valence-corrected chi connectivity index (χ0v) is 11.7. The molecular weight excluding hydrogens is 246 g/mol. The molecule has 1 saturated carbocycles. The fourth-order valence-corrected chi connectivity index (χ4v) is 2.54. The summed E-state index contributed by atoms with van der Waals surface area (Å²) in [5.41, 5.74) is 0. The number of hydrogen-bond acceptors (Lipinski definition) is 4. The topological polar surface area (TPSA) is 54.0 Å². The monoisotopic (exact) mass is 267 g/mol. The van der Waals surface area contributed by atoms with Crippen molar-refractivity contribution in [2.75, 3.05) is 6.54 Å². The van der Waals surface area contributed by atoms with E-state index in [9.17, 15) is 4.79 Å². The van der Waals surface area contributed by atoms with Crippen LogP contribution in [0.25, 0.3) is 0 Å². The number of aromatic nitrogens is 1. The molecule has 0 aliphatic heterocycles. The number of amides is 1. The first kappa shape index (κ1) is 13.5. The molecular formula is C13H21N3OS. The molecule has 1 amide bonds. The predicted molar refractivity (Wildman–Crippen MR) is 73.6 cm³/mol. The highest BCUT2D eigenvalue weighted by molar-refractivity contribution is 7.11. The van der Waals surface area contributed by atoms with Gasteiger partial charge in [0.2, 0.25) is 5.91 Å².